The third kappa shape index (κ3) is 2.41. The predicted octanol–water partition coefficient (Wildman–Crippen LogP) is 1.02. The first-order valence-electron chi connectivity index (χ1n) is 4.80. The molecule has 0 amide bonds. The van der Waals surface area contributed by atoms with E-state index >= 15 is 0 Å². The molecule has 0 unspecified atom stereocenters. The van der Waals surface area contributed by atoms with E-state index in [0.29, 0.717) is 5.95 Å². The van der Waals surface area contributed by atoms with Crippen LogP contribution in [0.4, 0.5) is 11.6 Å². The van der Waals surface area contributed by atoms with Crippen LogP contribution in [0.3, 0.4) is 0 Å². The summed E-state index contributed by atoms with van der Waals surface area (Å²) in [6.45, 7) is 0. The van der Waals surface area contributed by atoms with E-state index in [1.807, 2.05) is 43.3 Å². The molecule has 0 saturated heterocycles. The Balaban J connectivity index is 2.11. The van der Waals surface area contributed by atoms with E-state index in [4.69, 9.17) is 0 Å². The van der Waals surface area contributed by atoms with Crippen LogP contribution in [0.2, 0.25) is 0 Å². The van der Waals surface area contributed by atoms with E-state index in [9.17, 15) is 0 Å². The molecule has 6 nitrogen and oxygen atoms in total. The molecule has 0 fully saturated rings. The van der Waals surface area contributed by atoms with Gasteiger partial charge in [0.15, 0.2) is 0 Å². The summed E-state index contributed by atoms with van der Waals surface area (Å²) in [6, 6.07) is 8.02. The Bertz CT molecular complexity index is 457. The normalized spacial score (nSPS) is 10.9. The standard InChI is InChI=1S/C10H12N6/c1-16(2)9-5-3-8(4-6-9)7-11-10-12-14-15-13-10/h3-7H,1-2H3,(H,12,13,14,15)/b11-7+. The van der Waals surface area contributed by atoms with Crippen molar-refractivity contribution in [3.8, 4) is 0 Å². The van der Waals surface area contributed by atoms with Gasteiger partial charge in [-0.05, 0) is 22.9 Å². The number of H-pyrrole nitrogens is 1. The summed E-state index contributed by atoms with van der Waals surface area (Å²) >= 11 is 0. The fourth-order valence-corrected chi connectivity index (χ4v) is 1.20. The molecular weight excluding hydrogens is 204 g/mol. The van der Waals surface area contributed by atoms with Crippen molar-refractivity contribution < 1.29 is 0 Å². The largest absolute Gasteiger partial charge is 0.378 e. The maximum atomic E-state index is 4.06. The predicted molar refractivity (Wildman–Crippen MR) is 62.2 cm³/mol. The van der Waals surface area contributed by atoms with Gasteiger partial charge in [-0.25, -0.2) is 4.99 Å². The second kappa shape index (κ2) is 4.52. The molecule has 1 heterocycles. The average Bonchev–Trinajstić information content (AvgIpc) is 2.80. The number of hydrogen-bond donors (Lipinski definition) is 1. The van der Waals surface area contributed by atoms with Crippen LogP contribution in [0, 0.1) is 0 Å². The molecule has 0 aliphatic carbocycles. The molecule has 1 aromatic carbocycles. The number of aromatic amines is 1. The minimum atomic E-state index is 0.330. The van der Waals surface area contributed by atoms with Crippen molar-refractivity contribution in [2.24, 2.45) is 4.99 Å². The van der Waals surface area contributed by atoms with Gasteiger partial charge in [0.25, 0.3) is 5.95 Å². The van der Waals surface area contributed by atoms with Crippen LogP contribution < -0.4 is 4.90 Å². The average molecular weight is 216 g/mol. The third-order valence-electron chi connectivity index (χ3n) is 2.07. The molecule has 16 heavy (non-hydrogen) atoms. The molecule has 82 valence electrons. The number of hydrogen-bond acceptors (Lipinski definition) is 5. The first kappa shape index (κ1) is 10.3. The lowest BCUT2D eigenvalue weighted by molar-refractivity contribution is 0.881. The highest BCUT2D eigenvalue weighted by Gasteiger charge is 1.95. The molecule has 6 heteroatoms. The van der Waals surface area contributed by atoms with Crippen LogP contribution in [0.5, 0.6) is 0 Å². The lowest BCUT2D eigenvalue weighted by atomic mass is 10.2. The second-order valence-electron chi connectivity index (χ2n) is 3.46. The van der Waals surface area contributed by atoms with Crippen LogP contribution in [0.1, 0.15) is 5.56 Å². The van der Waals surface area contributed by atoms with Crippen molar-refractivity contribution in [3.63, 3.8) is 0 Å². The molecule has 0 aliphatic rings. The Kier molecular flexibility index (Phi) is 2.90. The van der Waals surface area contributed by atoms with E-state index < -0.39 is 0 Å². The monoisotopic (exact) mass is 216 g/mol. The van der Waals surface area contributed by atoms with Gasteiger partial charge in [-0.3, -0.25) is 0 Å². The van der Waals surface area contributed by atoms with E-state index in [1.54, 1.807) is 6.21 Å². The van der Waals surface area contributed by atoms with Gasteiger partial charge in [-0.1, -0.05) is 17.2 Å². The Morgan fingerprint density at radius 2 is 2.00 bits per heavy atom. The lowest BCUT2D eigenvalue weighted by Crippen LogP contribution is -2.08. The molecule has 1 aromatic heterocycles. The number of nitrogens with one attached hydrogen (secondary N) is 1. The van der Waals surface area contributed by atoms with Crippen LogP contribution in [-0.4, -0.2) is 40.9 Å². The van der Waals surface area contributed by atoms with Crippen LogP contribution in [0.15, 0.2) is 29.3 Å². The summed E-state index contributed by atoms with van der Waals surface area (Å²) in [5, 5.41) is 13.2. The molecule has 2 aromatic rings. The minimum absolute atomic E-state index is 0.330. The van der Waals surface area contributed by atoms with Gasteiger partial charge < -0.3 is 4.90 Å². The molecule has 0 radical (unpaired) electrons. The van der Waals surface area contributed by atoms with Crippen molar-refractivity contribution in [3.05, 3.63) is 29.8 Å². The van der Waals surface area contributed by atoms with E-state index in [0.717, 1.165) is 11.3 Å². The van der Waals surface area contributed by atoms with Gasteiger partial charge in [0.2, 0.25) is 0 Å². The first-order valence-corrected chi connectivity index (χ1v) is 4.80. The fraction of sp³-hybridized carbons (Fsp3) is 0.200. The number of rotatable bonds is 3. The highest BCUT2D eigenvalue weighted by Crippen LogP contribution is 2.11. The Labute approximate surface area is 93.0 Å². The number of aliphatic imine (C=N–C) groups is 1. The van der Waals surface area contributed by atoms with Crippen molar-refractivity contribution in [2.75, 3.05) is 19.0 Å². The summed E-state index contributed by atoms with van der Waals surface area (Å²) in [7, 11) is 4.00. The summed E-state index contributed by atoms with van der Waals surface area (Å²) in [4.78, 5) is 6.10. The van der Waals surface area contributed by atoms with Gasteiger partial charge >= 0.3 is 0 Å². The lowest BCUT2D eigenvalue weighted by Gasteiger charge is -2.11. The molecule has 0 saturated carbocycles. The zero-order valence-electron chi connectivity index (χ0n) is 9.12. The maximum absolute atomic E-state index is 4.06. The van der Waals surface area contributed by atoms with Crippen molar-refractivity contribution in [2.45, 2.75) is 0 Å². The fourth-order valence-electron chi connectivity index (χ4n) is 1.20. The second-order valence-corrected chi connectivity index (χ2v) is 3.46. The Morgan fingerprint density at radius 3 is 2.56 bits per heavy atom. The molecule has 0 spiro atoms. The van der Waals surface area contributed by atoms with Gasteiger partial charge in [0.1, 0.15) is 0 Å². The van der Waals surface area contributed by atoms with Crippen molar-refractivity contribution in [1.29, 1.82) is 0 Å². The number of benzene rings is 1. The van der Waals surface area contributed by atoms with Gasteiger partial charge in [-0.15, -0.1) is 5.10 Å². The van der Waals surface area contributed by atoms with E-state index in [1.165, 1.54) is 0 Å². The number of nitrogens with zero attached hydrogens (tertiary/aromatic N) is 5. The van der Waals surface area contributed by atoms with Crippen LogP contribution in [0.25, 0.3) is 0 Å². The molecule has 1 N–H and O–H groups in total. The summed E-state index contributed by atoms with van der Waals surface area (Å²) in [5.74, 6) is 0.330. The topological polar surface area (TPSA) is 70.1 Å². The smallest absolute Gasteiger partial charge is 0.288 e. The molecule has 2 rings (SSSR count). The highest BCUT2D eigenvalue weighted by atomic mass is 15.5. The third-order valence-corrected chi connectivity index (χ3v) is 2.07. The SMILES string of the molecule is CN(C)c1ccc(/C=N/c2nn[nH]n2)cc1. The quantitative estimate of drug-likeness (QED) is 0.777. The summed E-state index contributed by atoms with van der Waals surface area (Å²) < 4.78 is 0. The number of aromatic nitrogens is 4. The first-order chi connectivity index (χ1) is 7.75. The van der Waals surface area contributed by atoms with Crippen LogP contribution >= 0.6 is 0 Å². The van der Waals surface area contributed by atoms with Gasteiger partial charge in [0.05, 0.1) is 0 Å². The Hall–Kier alpha value is -2.24. The molecule has 0 bridgehead atoms. The van der Waals surface area contributed by atoms with E-state index in [-0.39, 0.29) is 0 Å². The Morgan fingerprint density at radius 1 is 1.25 bits per heavy atom. The van der Waals surface area contributed by atoms with Crippen molar-refractivity contribution >= 4 is 17.9 Å². The molecule has 0 atom stereocenters. The van der Waals surface area contributed by atoms with Crippen molar-refractivity contribution in [1.82, 2.24) is 20.6 Å². The summed E-state index contributed by atoms with van der Waals surface area (Å²) in [6.07, 6.45) is 1.70. The van der Waals surface area contributed by atoms with Crippen LogP contribution in [-0.2, 0) is 0 Å². The zero-order valence-corrected chi connectivity index (χ0v) is 9.12. The molecular formula is C10H12N6. The van der Waals surface area contributed by atoms with E-state index in [2.05, 4.69) is 25.6 Å². The van der Waals surface area contributed by atoms with Gasteiger partial charge in [-0.2, -0.15) is 5.21 Å². The zero-order chi connectivity index (χ0) is 11.4. The number of anilines is 1. The maximum Gasteiger partial charge on any atom is 0.288 e. The summed E-state index contributed by atoms with van der Waals surface area (Å²) in [5.41, 5.74) is 2.15. The minimum Gasteiger partial charge on any atom is -0.378 e. The highest BCUT2D eigenvalue weighted by molar-refractivity contribution is 5.81. The van der Waals surface area contributed by atoms with Gasteiger partial charge in [0, 0.05) is 26.0 Å². The number of tetrazole rings is 1. The molecule has 0 aliphatic heterocycles.